The van der Waals surface area contributed by atoms with Crippen molar-refractivity contribution in [2.45, 2.75) is 73.1 Å². The van der Waals surface area contributed by atoms with Gasteiger partial charge < -0.3 is 5.11 Å². The number of phenolic OH excluding ortho intramolecular Hbond substituents is 1. The Morgan fingerprint density at radius 3 is 2.09 bits per heavy atom. The van der Waals surface area contributed by atoms with E-state index in [2.05, 4.69) is 65.8 Å². The molecule has 0 atom stereocenters. The molecular weight excluding hydrogens is 890 g/mol. The van der Waals surface area contributed by atoms with E-state index in [-0.39, 0.29) is 60.9 Å². The standard InChI is InChI=1S/C53H50N3O.Pt/c1-33-18-23-47(44(27-33)37-19-21-41(22-20-37)52(4,5)6)56-48-17-13-16-43(49(48)55-51(56)45-28-34(2)26-35(3)50(45)57)39-29-40(31-42(30-39)53(7,8)9)46-32-38(24-25-54-46)36-14-11-10-12-15-36;/h10-28,30-32,57H,1-9H3;/q-1;/i1D3,10D,11D,12D,14D,15D;. The first kappa shape index (κ1) is 31.4. The van der Waals surface area contributed by atoms with E-state index in [9.17, 15) is 5.11 Å². The van der Waals surface area contributed by atoms with Crippen LogP contribution in [0.25, 0.3) is 72.7 Å². The van der Waals surface area contributed by atoms with Crippen LogP contribution in [0.2, 0.25) is 0 Å². The van der Waals surface area contributed by atoms with Crippen LogP contribution in [0.3, 0.4) is 0 Å². The maximum absolute atomic E-state index is 11.8. The van der Waals surface area contributed by atoms with Crippen molar-refractivity contribution < 1.29 is 37.1 Å². The fourth-order valence-corrected chi connectivity index (χ4v) is 7.40. The fourth-order valence-electron chi connectivity index (χ4n) is 7.40. The molecule has 2 heterocycles. The summed E-state index contributed by atoms with van der Waals surface area (Å²) >= 11 is 0. The van der Waals surface area contributed by atoms with Gasteiger partial charge in [-0.25, -0.2) is 4.98 Å². The zero-order chi connectivity index (χ0) is 47.1. The van der Waals surface area contributed by atoms with E-state index in [0.717, 1.165) is 27.8 Å². The van der Waals surface area contributed by atoms with Gasteiger partial charge in [-0.3, -0.25) is 9.55 Å². The van der Waals surface area contributed by atoms with Crippen LogP contribution in [-0.2, 0) is 31.9 Å². The van der Waals surface area contributed by atoms with Crippen molar-refractivity contribution >= 4 is 11.0 Å². The number of benzene rings is 6. The number of pyridine rings is 1. The van der Waals surface area contributed by atoms with Crippen LogP contribution in [0.15, 0.2) is 133 Å². The molecule has 1 N–H and O–H groups in total. The van der Waals surface area contributed by atoms with Crippen molar-refractivity contribution in [1.82, 2.24) is 14.5 Å². The summed E-state index contributed by atoms with van der Waals surface area (Å²) < 4.78 is 69.1. The second kappa shape index (κ2) is 15.6. The fraction of sp³-hybridized carbons (Fsp3) is 0.208. The summed E-state index contributed by atoms with van der Waals surface area (Å²) in [5, 5.41) is 11.8. The molecule has 8 rings (SSSR count). The van der Waals surface area contributed by atoms with Gasteiger partial charge in [0, 0.05) is 42.6 Å². The van der Waals surface area contributed by atoms with E-state index in [0.29, 0.717) is 61.6 Å². The number of aromatic hydroxyl groups is 1. The van der Waals surface area contributed by atoms with Crippen LogP contribution >= 0.6 is 0 Å². The summed E-state index contributed by atoms with van der Waals surface area (Å²) in [5.74, 6) is 0.545. The molecule has 0 bridgehead atoms. The molecule has 58 heavy (non-hydrogen) atoms. The number of hydrogen-bond donors (Lipinski definition) is 1. The van der Waals surface area contributed by atoms with E-state index in [4.69, 9.17) is 20.9 Å². The van der Waals surface area contributed by atoms with Crippen LogP contribution in [-0.4, -0.2) is 19.6 Å². The number of nitrogens with zero attached hydrogens (tertiary/aromatic N) is 3. The Morgan fingerprint density at radius 1 is 0.672 bits per heavy atom. The monoisotopic (exact) mass is 947 g/mol. The third-order valence-electron chi connectivity index (χ3n) is 10.5. The third-order valence-corrected chi connectivity index (χ3v) is 10.5. The number of imidazole rings is 1. The normalized spacial score (nSPS) is 14.0. The molecule has 0 fully saturated rings. The van der Waals surface area contributed by atoms with Crippen LogP contribution in [0, 0.1) is 26.8 Å². The van der Waals surface area contributed by atoms with Crippen molar-refractivity contribution in [2.75, 3.05) is 0 Å². The Labute approximate surface area is 369 Å². The molecule has 0 spiro atoms. The van der Waals surface area contributed by atoms with Gasteiger partial charge in [0.2, 0.25) is 0 Å². The van der Waals surface area contributed by atoms with Gasteiger partial charge in [0.05, 0.1) is 29.1 Å². The Bertz CT molecular complexity index is 3170. The van der Waals surface area contributed by atoms with Gasteiger partial charge in [-0.15, -0.1) is 29.3 Å². The van der Waals surface area contributed by atoms with E-state index < -0.39 is 25.0 Å². The SMILES string of the molecule is [2H]c1c([2H])c([2H])c(-c2ccnc(-c3[c-]c(-c4cccc5c4nc(-c4cc(C)cc(C)c4O)n5-c4ccc(C([2H])([2H])[2H])cc4-c4ccc(C(C)(C)C)cc4)cc(C(C)(C)C)c3)c2)c([2H])c1[2H].[Pt]. The molecule has 6 aromatic carbocycles. The topological polar surface area (TPSA) is 50.9 Å². The van der Waals surface area contributed by atoms with E-state index in [1.54, 1.807) is 30.5 Å². The molecule has 2 aromatic heterocycles. The molecule has 0 amide bonds. The molecule has 5 heteroatoms. The van der Waals surface area contributed by atoms with Gasteiger partial charge in [-0.05, 0) is 95.2 Å². The Morgan fingerprint density at radius 2 is 1.38 bits per heavy atom. The molecule has 0 aliphatic rings. The number of phenols is 1. The van der Waals surface area contributed by atoms with E-state index >= 15 is 0 Å². The zero-order valence-electron chi connectivity index (χ0n) is 41.9. The molecule has 0 unspecified atom stereocenters. The van der Waals surface area contributed by atoms with E-state index in [1.807, 2.05) is 73.0 Å². The molecule has 8 aromatic rings. The quantitative estimate of drug-likeness (QED) is 0.169. The van der Waals surface area contributed by atoms with Crippen molar-refractivity contribution in [3.8, 4) is 67.5 Å². The van der Waals surface area contributed by atoms with Crippen molar-refractivity contribution in [2.24, 2.45) is 0 Å². The summed E-state index contributed by atoms with van der Waals surface area (Å²) in [5.41, 5.74) is 10.6. The molecule has 294 valence electrons. The molecule has 4 nitrogen and oxygen atoms in total. The summed E-state index contributed by atoms with van der Waals surface area (Å²) in [6.45, 7) is 14.2. The summed E-state index contributed by atoms with van der Waals surface area (Å²) in [6.07, 6.45) is 1.57. The molecule has 0 radical (unpaired) electrons. The first-order chi connectivity index (χ1) is 30.4. The largest absolute Gasteiger partial charge is 0.507 e. The van der Waals surface area contributed by atoms with Gasteiger partial charge >= 0.3 is 0 Å². The minimum atomic E-state index is -2.37. The maximum Gasteiger partial charge on any atom is 0.148 e. The predicted molar refractivity (Wildman–Crippen MR) is 238 cm³/mol. The smallest absolute Gasteiger partial charge is 0.148 e. The number of fused-ring (bicyclic) bond motifs is 1. The average molecular weight is 948 g/mol. The number of aromatic nitrogens is 3. The molecule has 0 aliphatic carbocycles. The summed E-state index contributed by atoms with van der Waals surface area (Å²) in [4.78, 5) is 10.1. The predicted octanol–water partition coefficient (Wildman–Crippen LogP) is 13.8. The van der Waals surface area contributed by atoms with Crippen molar-refractivity contribution in [3.05, 3.63) is 167 Å². The van der Waals surface area contributed by atoms with Gasteiger partial charge in [0.15, 0.2) is 0 Å². The number of hydrogen-bond acceptors (Lipinski definition) is 3. The summed E-state index contributed by atoms with van der Waals surface area (Å²) in [6, 6.07) is 32.3. The van der Waals surface area contributed by atoms with Gasteiger partial charge in [0.1, 0.15) is 11.6 Å². The van der Waals surface area contributed by atoms with Crippen molar-refractivity contribution in [1.29, 1.82) is 0 Å². The van der Waals surface area contributed by atoms with Crippen LogP contribution in [0.4, 0.5) is 0 Å². The Hall–Kier alpha value is -5.57. The first-order valence-corrected chi connectivity index (χ1v) is 19.1. The van der Waals surface area contributed by atoms with E-state index in [1.165, 1.54) is 0 Å². The average Bonchev–Trinajstić information content (AvgIpc) is 3.64. The Kier molecular flexibility index (Phi) is 8.48. The number of rotatable bonds is 6. The van der Waals surface area contributed by atoms with Crippen LogP contribution in [0.5, 0.6) is 5.75 Å². The first-order valence-electron chi connectivity index (χ1n) is 23.1. The molecule has 0 aliphatic heterocycles. The van der Waals surface area contributed by atoms with Gasteiger partial charge in [-0.1, -0.05) is 143 Å². The molecular formula is C53H50N3OPt-. The summed E-state index contributed by atoms with van der Waals surface area (Å²) in [7, 11) is 0. The molecule has 0 saturated heterocycles. The number of para-hydroxylation sites is 1. The zero-order valence-corrected chi connectivity index (χ0v) is 36.2. The number of aryl methyl sites for hydroxylation is 3. The third kappa shape index (κ3) is 7.83. The maximum atomic E-state index is 11.8. The van der Waals surface area contributed by atoms with Gasteiger partial charge in [0.25, 0.3) is 0 Å². The van der Waals surface area contributed by atoms with Crippen LogP contribution in [0.1, 0.15) is 80.3 Å². The van der Waals surface area contributed by atoms with Gasteiger partial charge in [-0.2, -0.15) is 0 Å². The Balaban J connectivity index is 0.00000648. The molecule has 0 saturated carbocycles. The van der Waals surface area contributed by atoms with Crippen molar-refractivity contribution in [3.63, 3.8) is 0 Å². The van der Waals surface area contributed by atoms with Crippen LogP contribution < -0.4 is 0 Å². The minimum absolute atomic E-state index is 0. The minimum Gasteiger partial charge on any atom is -0.507 e. The second-order valence-electron chi connectivity index (χ2n) is 16.9. The second-order valence-corrected chi connectivity index (χ2v) is 16.9.